The Kier molecular flexibility index (Phi) is 6.19. The SMILES string of the molecule is CCCCNC(=O)CCc1nc2cc(-c3ccc(C(=O)O)cc3)ccc2s1. The third-order valence-electron chi connectivity index (χ3n) is 4.32. The number of hydrogen-bond acceptors (Lipinski definition) is 4. The summed E-state index contributed by atoms with van der Waals surface area (Å²) in [6.45, 7) is 2.83. The molecular weight excluding hydrogens is 360 g/mol. The summed E-state index contributed by atoms with van der Waals surface area (Å²) in [6.07, 6.45) is 3.16. The number of aromatic nitrogens is 1. The molecule has 1 aromatic heterocycles. The van der Waals surface area contributed by atoms with Gasteiger partial charge in [0.05, 0.1) is 20.8 Å². The van der Waals surface area contributed by atoms with Gasteiger partial charge in [0.15, 0.2) is 0 Å². The lowest BCUT2D eigenvalue weighted by molar-refractivity contribution is -0.121. The van der Waals surface area contributed by atoms with Crippen LogP contribution in [0, 0.1) is 0 Å². The van der Waals surface area contributed by atoms with Gasteiger partial charge in [-0.25, -0.2) is 9.78 Å². The number of amides is 1. The van der Waals surface area contributed by atoms with Gasteiger partial charge in [-0.3, -0.25) is 4.79 Å². The molecule has 27 heavy (non-hydrogen) atoms. The molecule has 2 aromatic carbocycles. The van der Waals surface area contributed by atoms with Crippen LogP contribution in [0.1, 0.15) is 41.6 Å². The summed E-state index contributed by atoms with van der Waals surface area (Å²) in [7, 11) is 0. The zero-order valence-electron chi connectivity index (χ0n) is 15.2. The summed E-state index contributed by atoms with van der Waals surface area (Å²) in [4.78, 5) is 27.5. The molecule has 6 heteroatoms. The maximum Gasteiger partial charge on any atom is 0.335 e. The molecule has 0 fully saturated rings. The van der Waals surface area contributed by atoms with E-state index in [-0.39, 0.29) is 11.5 Å². The molecule has 0 spiro atoms. The first-order chi connectivity index (χ1) is 13.1. The van der Waals surface area contributed by atoms with Crippen molar-refractivity contribution in [2.75, 3.05) is 6.54 Å². The summed E-state index contributed by atoms with van der Waals surface area (Å²) in [5.41, 5.74) is 3.12. The number of nitrogens with one attached hydrogen (secondary N) is 1. The monoisotopic (exact) mass is 382 g/mol. The van der Waals surface area contributed by atoms with Crippen molar-refractivity contribution in [3.8, 4) is 11.1 Å². The van der Waals surface area contributed by atoms with Gasteiger partial charge in [-0.15, -0.1) is 11.3 Å². The Bertz CT molecular complexity index is 948. The number of rotatable bonds is 8. The van der Waals surface area contributed by atoms with E-state index in [1.807, 2.05) is 18.2 Å². The van der Waals surface area contributed by atoms with Crippen LogP contribution in [0.2, 0.25) is 0 Å². The number of unbranched alkanes of at least 4 members (excludes halogenated alkanes) is 1. The van der Waals surface area contributed by atoms with E-state index in [0.717, 1.165) is 45.7 Å². The van der Waals surface area contributed by atoms with Crippen LogP contribution in [-0.2, 0) is 11.2 Å². The van der Waals surface area contributed by atoms with Gasteiger partial charge in [0.25, 0.3) is 0 Å². The number of nitrogens with zero attached hydrogens (tertiary/aromatic N) is 1. The van der Waals surface area contributed by atoms with E-state index < -0.39 is 5.97 Å². The molecule has 3 rings (SSSR count). The number of carbonyl (C=O) groups excluding carboxylic acids is 1. The van der Waals surface area contributed by atoms with Crippen LogP contribution < -0.4 is 5.32 Å². The Hall–Kier alpha value is -2.73. The van der Waals surface area contributed by atoms with Crippen LogP contribution in [0.3, 0.4) is 0 Å². The highest BCUT2D eigenvalue weighted by Gasteiger charge is 2.09. The van der Waals surface area contributed by atoms with Gasteiger partial charge in [0.2, 0.25) is 5.91 Å². The quantitative estimate of drug-likeness (QED) is 0.562. The predicted octanol–water partition coefficient (Wildman–Crippen LogP) is 4.51. The number of carbonyl (C=O) groups is 2. The minimum Gasteiger partial charge on any atom is -0.478 e. The first-order valence-corrected chi connectivity index (χ1v) is 9.88. The second-order valence-electron chi connectivity index (χ2n) is 6.38. The fraction of sp³-hybridized carbons (Fsp3) is 0.286. The minimum atomic E-state index is -0.931. The highest BCUT2D eigenvalue weighted by atomic mass is 32.1. The molecule has 0 saturated heterocycles. The summed E-state index contributed by atoms with van der Waals surface area (Å²) in [6, 6.07) is 12.9. The summed E-state index contributed by atoms with van der Waals surface area (Å²) in [5.74, 6) is -0.859. The average molecular weight is 382 g/mol. The fourth-order valence-corrected chi connectivity index (χ4v) is 3.73. The van der Waals surface area contributed by atoms with Gasteiger partial charge < -0.3 is 10.4 Å². The lowest BCUT2D eigenvalue weighted by Crippen LogP contribution is -2.24. The van der Waals surface area contributed by atoms with Gasteiger partial charge >= 0.3 is 5.97 Å². The Morgan fingerprint density at radius 2 is 1.85 bits per heavy atom. The number of thiazole rings is 1. The van der Waals surface area contributed by atoms with E-state index in [0.29, 0.717) is 12.8 Å². The van der Waals surface area contributed by atoms with Crippen molar-refractivity contribution in [3.05, 3.63) is 53.0 Å². The predicted molar refractivity (Wildman–Crippen MR) is 108 cm³/mol. The largest absolute Gasteiger partial charge is 0.478 e. The van der Waals surface area contributed by atoms with Gasteiger partial charge in [0, 0.05) is 19.4 Å². The Balaban J connectivity index is 1.69. The minimum absolute atomic E-state index is 0.0712. The zero-order valence-corrected chi connectivity index (χ0v) is 16.0. The van der Waals surface area contributed by atoms with E-state index in [2.05, 4.69) is 17.2 Å². The summed E-state index contributed by atoms with van der Waals surface area (Å²) in [5, 5.41) is 12.9. The van der Waals surface area contributed by atoms with E-state index >= 15 is 0 Å². The normalized spacial score (nSPS) is 10.9. The van der Waals surface area contributed by atoms with E-state index in [1.165, 1.54) is 0 Å². The molecule has 1 heterocycles. The Labute approximate surface area is 162 Å². The van der Waals surface area contributed by atoms with E-state index in [4.69, 9.17) is 5.11 Å². The van der Waals surface area contributed by atoms with Crippen molar-refractivity contribution < 1.29 is 14.7 Å². The molecule has 0 radical (unpaired) electrons. The average Bonchev–Trinajstić information content (AvgIpc) is 3.09. The number of carboxylic acid groups (broad SMARTS) is 1. The smallest absolute Gasteiger partial charge is 0.335 e. The number of hydrogen-bond donors (Lipinski definition) is 2. The maximum absolute atomic E-state index is 11.8. The van der Waals surface area contributed by atoms with Gasteiger partial charge in [-0.1, -0.05) is 31.5 Å². The number of fused-ring (bicyclic) bond motifs is 1. The van der Waals surface area contributed by atoms with Crippen molar-refractivity contribution in [2.45, 2.75) is 32.6 Å². The number of aromatic carboxylic acids is 1. The molecule has 2 N–H and O–H groups in total. The molecule has 140 valence electrons. The number of carboxylic acids is 1. The van der Waals surface area contributed by atoms with Crippen LogP contribution in [0.5, 0.6) is 0 Å². The zero-order chi connectivity index (χ0) is 19.2. The first-order valence-electron chi connectivity index (χ1n) is 9.06. The standard InChI is InChI=1S/C21H22N2O3S/c1-2-3-12-22-19(24)10-11-20-23-17-13-16(8-9-18(17)27-20)14-4-6-15(7-5-14)21(25)26/h4-9,13H,2-3,10-12H2,1H3,(H,22,24)(H,25,26). The topological polar surface area (TPSA) is 79.3 Å². The van der Waals surface area contributed by atoms with E-state index in [1.54, 1.807) is 35.6 Å². The fourth-order valence-electron chi connectivity index (χ4n) is 2.78. The molecule has 0 saturated carbocycles. The summed E-state index contributed by atoms with van der Waals surface area (Å²) < 4.78 is 1.09. The lowest BCUT2D eigenvalue weighted by Gasteiger charge is -2.02. The second-order valence-corrected chi connectivity index (χ2v) is 7.49. The summed E-state index contributed by atoms with van der Waals surface area (Å²) >= 11 is 1.61. The molecule has 0 bridgehead atoms. The molecule has 5 nitrogen and oxygen atoms in total. The highest BCUT2D eigenvalue weighted by Crippen LogP contribution is 2.28. The number of aryl methyl sites for hydroxylation is 1. The molecular formula is C21H22N2O3S. The van der Waals surface area contributed by atoms with Gasteiger partial charge in [0.1, 0.15) is 0 Å². The molecule has 1 amide bonds. The van der Waals surface area contributed by atoms with Crippen LogP contribution in [0.25, 0.3) is 21.3 Å². The highest BCUT2D eigenvalue weighted by molar-refractivity contribution is 7.18. The molecule has 0 aliphatic heterocycles. The molecule has 0 aliphatic rings. The van der Waals surface area contributed by atoms with Gasteiger partial charge in [-0.2, -0.15) is 0 Å². The third kappa shape index (κ3) is 4.92. The van der Waals surface area contributed by atoms with Crippen LogP contribution in [0.15, 0.2) is 42.5 Å². The second kappa shape index (κ2) is 8.77. The van der Waals surface area contributed by atoms with Crippen LogP contribution in [-0.4, -0.2) is 28.5 Å². The van der Waals surface area contributed by atoms with Crippen LogP contribution >= 0.6 is 11.3 Å². The third-order valence-corrected chi connectivity index (χ3v) is 5.41. The maximum atomic E-state index is 11.8. The Morgan fingerprint density at radius 1 is 1.11 bits per heavy atom. The van der Waals surface area contributed by atoms with Crippen molar-refractivity contribution in [1.29, 1.82) is 0 Å². The first kappa shape index (κ1) is 19.0. The van der Waals surface area contributed by atoms with Crippen molar-refractivity contribution in [1.82, 2.24) is 10.3 Å². The lowest BCUT2D eigenvalue weighted by atomic mass is 10.0. The van der Waals surface area contributed by atoms with Crippen LogP contribution in [0.4, 0.5) is 0 Å². The Morgan fingerprint density at radius 3 is 2.56 bits per heavy atom. The van der Waals surface area contributed by atoms with Gasteiger partial charge in [-0.05, 0) is 41.8 Å². The van der Waals surface area contributed by atoms with Crippen molar-refractivity contribution in [3.63, 3.8) is 0 Å². The molecule has 0 unspecified atom stereocenters. The number of benzene rings is 2. The van der Waals surface area contributed by atoms with Crippen molar-refractivity contribution >= 4 is 33.4 Å². The molecule has 3 aromatic rings. The van der Waals surface area contributed by atoms with Crippen molar-refractivity contribution in [2.24, 2.45) is 0 Å². The molecule has 0 atom stereocenters. The van der Waals surface area contributed by atoms with E-state index in [9.17, 15) is 9.59 Å². The molecule has 0 aliphatic carbocycles.